The van der Waals surface area contributed by atoms with Crippen molar-refractivity contribution in [2.75, 3.05) is 6.61 Å². The molecule has 6 heteroatoms. The number of halogens is 1. The van der Waals surface area contributed by atoms with Crippen LogP contribution in [0.5, 0.6) is 5.75 Å². The minimum Gasteiger partial charge on any atom is -0.494 e. The molecule has 84 valence electrons. The zero-order valence-electron chi connectivity index (χ0n) is 8.80. The normalized spacial score (nSPS) is 10.4. The van der Waals surface area contributed by atoms with E-state index in [9.17, 15) is 0 Å². The van der Waals surface area contributed by atoms with E-state index in [4.69, 9.17) is 4.74 Å². The van der Waals surface area contributed by atoms with Crippen LogP contribution in [0.4, 0.5) is 0 Å². The van der Waals surface area contributed by atoms with Crippen LogP contribution in [0, 0.1) is 0 Å². The van der Waals surface area contributed by atoms with E-state index in [0.717, 1.165) is 11.3 Å². The topological polar surface area (TPSA) is 52.8 Å². The Morgan fingerprint density at radius 1 is 1.31 bits per heavy atom. The first-order valence-corrected chi connectivity index (χ1v) is 5.72. The Morgan fingerprint density at radius 3 is 2.62 bits per heavy atom. The Bertz CT molecular complexity index is 454. The number of aromatic nitrogens is 4. The van der Waals surface area contributed by atoms with E-state index in [1.807, 2.05) is 31.2 Å². The highest BCUT2D eigenvalue weighted by Crippen LogP contribution is 2.13. The van der Waals surface area contributed by atoms with Crippen LogP contribution in [0.2, 0.25) is 0 Å². The molecule has 0 fully saturated rings. The fraction of sp³-hybridized carbons (Fsp3) is 0.300. The third-order valence-electron chi connectivity index (χ3n) is 2.05. The van der Waals surface area contributed by atoms with E-state index in [-0.39, 0.29) is 0 Å². The molecule has 0 N–H and O–H groups in total. The molecule has 0 saturated heterocycles. The molecule has 2 aromatic rings. The van der Waals surface area contributed by atoms with Gasteiger partial charge in [0.25, 0.3) is 0 Å². The first-order valence-electron chi connectivity index (χ1n) is 4.93. The van der Waals surface area contributed by atoms with E-state index in [2.05, 4.69) is 31.5 Å². The molecule has 0 spiro atoms. The van der Waals surface area contributed by atoms with Gasteiger partial charge in [-0.2, -0.15) is 0 Å². The summed E-state index contributed by atoms with van der Waals surface area (Å²) in [5.74, 6) is 0.877. The fourth-order valence-corrected chi connectivity index (χ4v) is 1.59. The Hall–Kier alpha value is -1.43. The molecule has 0 aliphatic rings. The van der Waals surface area contributed by atoms with Gasteiger partial charge >= 0.3 is 0 Å². The zero-order valence-corrected chi connectivity index (χ0v) is 10.4. The lowest BCUT2D eigenvalue weighted by molar-refractivity contribution is 0.340. The maximum Gasteiger partial charge on any atom is 0.218 e. The summed E-state index contributed by atoms with van der Waals surface area (Å²) in [5.41, 5.74) is 1.12. The van der Waals surface area contributed by atoms with Crippen LogP contribution in [0.15, 0.2) is 29.0 Å². The number of rotatable bonds is 4. The van der Waals surface area contributed by atoms with Crippen molar-refractivity contribution in [2.24, 2.45) is 0 Å². The van der Waals surface area contributed by atoms with Gasteiger partial charge in [0.1, 0.15) is 5.75 Å². The van der Waals surface area contributed by atoms with Crippen molar-refractivity contribution in [3.63, 3.8) is 0 Å². The second-order valence-corrected chi connectivity index (χ2v) is 3.89. The second-order valence-electron chi connectivity index (χ2n) is 3.18. The maximum atomic E-state index is 5.36. The van der Waals surface area contributed by atoms with Gasteiger partial charge in [-0.3, -0.25) is 0 Å². The molecule has 1 heterocycles. The molecule has 1 aromatic carbocycles. The largest absolute Gasteiger partial charge is 0.494 e. The van der Waals surface area contributed by atoms with Crippen molar-refractivity contribution in [3.8, 4) is 5.75 Å². The van der Waals surface area contributed by atoms with Gasteiger partial charge in [-0.05, 0) is 51.0 Å². The van der Waals surface area contributed by atoms with Crippen molar-refractivity contribution < 1.29 is 4.74 Å². The number of benzene rings is 1. The smallest absolute Gasteiger partial charge is 0.218 e. The van der Waals surface area contributed by atoms with Crippen LogP contribution >= 0.6 is 15.9 Å². The lowest BCUT2D eigenvalue weighted by Gasteiger charge is -2.04. The molecule has 0 unspecified atom stereocenters. The highest BCUT2D eigenvalue weighted by molar-refractivity contribution is 9.10. The van der Waals surface area contributed by atoms with Gasteiger partial charge in [0, 0.05) is 0 Å². The summed E-state index contributed by atoms with van der Waals surface area (Å²) in [5, 5.41) is 11.2. The predicted molar refractivity (Wildman–Crippen MR) is 62.2 cm³/mol. The molecule has 0 bridgehead atoms. The minimum atomic E-state index is 0.626. The number of tetrazole rings is 1. The average Bonchev–Trinajstić information content (AvgIpc) is 2.68. The summed E-state index contributed by atoms with van der Waals surface area (Å²) in [4.78, 5) is 0. The van der Waals surface area contributed by atoms with Gasteiger partial charge in [0.05, 0.1) is 13.2 Å². The van der Waals surface area contributed by atoms with Gasteiger partial charge in [-0.1, -0.05) is 12.1 Å². The quantitative estimate of drug-likeness (QED) is 0.859. The SMILES string of the molecule is CCOc1ccc(Cn2nnnc2Br)cc1. The molecule has 16 heavy (non-hydrogen) atoms. The first kappa shape index (κ1) is 11.1. The Kier molecular flexibility index (Phi) is 3.51. The maximum absolute atomic E-state index is 5.36. The summed E-state index contributed by atoms with van der Waals surface area (Å²) in [7, 11) is 0. The van der Waals surface area contributed by atoms with Crippen LogP contribution in [0.1, 0.15) is 12.5 Å². The van der Waals surface area contributed by atoms with Crippen molar-refractivity contribution >= 4 is 15.9 Å². The van der Waals surface area contributed by atoms with Crippen LogP contribution < -0.4 is 4.74 Å². The van der Waals surface area contributed by atoms with Crippen molar-refractivity contribution in [2.45, 2.75) is 13.5 Å². The van der Waals surface area contributed by atoms with Gasteiger partial charge in [0.2, 0.25) is 4.73 Å². The van der Waals surface area contributed by atoms with Gasteiger partial charge in [-0.15, -0.1) is 5.10 Å². The molecule has 1 aromatic heterocycles. The summed E-state index contributed by atoms with van der Waals surface area (Å²) < 4.78 is 7.67. The molecular weight excluding hydrogens is 272 g/mol. The third kappa shape index (κ3) is 2.57. The Balaban J connectivity index is 2.08. The van der Waals surface area contributed by atoms with E-state index in [1.165, 1.54) is 0 Å². The fourth-order valence-electron chi connectivity index (χ4n) is 1.32. The predicted octanol–water partition coefficient (Wildman–Crippen LogP) is 1.88. The second kappa shape index (κ2) is 5.07. The summed E-state index contributed by atoms with van der Waals surface area (Å²) in [6, 6.07) is 7.88. The molecule has 0 atom stereocenters. The summed E-state index contributed by atoms with van der Waals surface area (Å²) in [6.07, 6.45) is 0. The lowest BCUT2D eigenvalue weighted by Crippen LogP contribution is -2.02. The Morgan fingerprint density at radius 2 is 2.06 bits per heavy atom. The minimum absolute atomic E-state index is 0.626. The molecule has 0 saturated carbocycles. The van der Waals surface area contributed by atoms with Gasteiger partial charge in [-0.25, -0.2) is 4.68 Å². The van der Waals surface area contributed by atoms with Crippen molar-refractivity contribution in [1.82, 2.24) is 20.2 Å². The highest BCUT2D eigenvalue weighted by atomic mass is 79.9. The Labute approximate surface area is 102 Å². The number of ether oxygens (including phenoxy) is 1. The van der Waals surface area contributed by atoms with Crippen LogP contribution in [0.25, 0.3) is 0 Å². The number of hydrogen-bond donors (Lipinski definition) is 0. The van der Waals surface area contributed by atoms with Crippen molar-refractivity contribution in [1.29, 1.82) is 0 Å². The highest BCUT2D eigenvalue weighted by Gasteiger charge is 2.02. The standard InChI is InChI=1S/C10H11BrN4O/c1-2-16-9-5-3-8(4-6-9)7-15-10(11)12-13-14-15/h3-6H,2,7H2,1H3. The summed E-state index contributed by atoms with van der Waals surface area (Å²) >= 11 is 3.27. The molecule has 0 amide bonds. The van der Waals surface area contributed by atoms with Crippen LogP contribution in [-0.2, 0) is 6.54 Å². The third-order valence-corrected chi connectivity index (χ3v) is 2.62. The number of hydrogen-bond acceptors (Lipinski definition) is 4. The first-order chi connectivity index (χ1) is 7.79. The number of nitrogens with zero attached hydrogens (tertiary/aromatic N) is 4. The lowest BCUT2D eigenvalue weighted by atomic mass is 10.2. The monoisotopic (exact) mass is 282 g/mol. The van der Waals surface area contributed by atoms with Crippen molar-refractivity contribution in [3.05, 3.63) is 34.6 Å². The van der Waals surface area contributed by atoms with E-state index in [1.54, 1.807) is 4.68 Å². The molecular formula is C10H11BrN4O. The summed E-state index contributed by atoms with van der Waals surface area (Å²) in [6.45, 7) is 3.28. The van der Waals surface area contributed by atoms with Gasteiger partial charge in [0.15, 0.2) is 0 Å². The molecule has 5 nitrogen and oxygen atoms in total. The average molecular weight is 283 g/mol. The molecule has 0 aliphatic carbocycles. The van der Waals surface area contributed by atoms with Crippen LogP contribution in [-0.4, -0.2) is 26.8 Å². The van der Waals surface area contributed by atoms with Crippen LogP contribution in [0.3, 0.4) is 0 Å². The molecule has 2 rings (SSSR count). The molecule has 0 radical (unpaired) electrons. The van der Waals surface area contributed by atoms with E-state index >= 15 is 0 Å². The van der Waals surface area contributed by atoms with Gasteiger partial charge < -0.3 is 4.74 Å². The van der Waals surface area contributed by atoms with E-state index in [0.29, 0.717) is 17.9 Å². The zero-order chi connectivity index (χ0) is 11.4. The molecule has 0 aliphatic heterocycles. The van der Waals surface area contributed by atoms with E-state index < -0.39 is 0 Å².